The maximum absolute atomic E-state index is 5.66. The number of halogens is 1. The van der Waals surface area contributed by atoms with E-state index in [2.05, 4.69) is 29.1 Å². The number of hydrogen-bond acceptors (Lipinski definition) is 5. The van der Waals surface area contributed by atoms with Crippen LogP contribution < -0.4 is 10.1 Å². The van der Waals surface area contributed by atoms with Crippen molar-refractivity contribution in [2.45, 2.75) is 33.8 Å². The number of nitrogens with zero attached hydrogens (tertiary/aromatic N) is 2. The highest BCUT2D eigenvalue weighted by Gasteiger charge is 2.12. The molecule has 1 N–H and O–H groups in total. The molecule has 6 heteroatoms. The Labute approximate surface area is 146 Å². The fourth-order valence-corrected chi connectivity index (χ4v) is 3.30. The average molecular weight is 350 g/mol. The molecule has 3 rings (SSSR count). The molecule has 0 saturated heterocycles. The number of fused-ring (bicyclic) bond motifs is 1. The van der Waals surface area contributed by atoms with Crippen LogP contribution in [0.25, 0.3) is 10.2 Å². The predicted octanol–water partition coefficient (Wildman–Crippen LogP) is 5.26. The molecule has 4 nitrogen and oxygen atoms in total. The minimum Gasteiger partial charge on any atom is -0.491 e. The van der Waals surface area contributed by atoms with Gasteiger partial charge in [0, 0.05) is 10.6 Å². The summed E-state index contributed by atoms with van der Waals surface area (Å²) in [5, 5.41) is 4.49. The highest BCUT2D eigenvalue weighted by molar-refractivity contribution is 7.18. The minimum absolute atomic E-state index is 0. The first kappa shape index (κ1) is 17.5. The molecule has 0 aliphatic carbocycles. The Hall–Kier alpha value is -1.85. The Morgan fingerprint density at radius 2 is 1.78 bits per heavy atom. The van der Waals surface area contributed by atoms with E-state index in [1.54, 1.807) is 17.7 Å². The SMILES string of the molecule is Cc1sc2ncnc(Nc3ccc(OC(C)C)cc3)c2c1C.Cl. The summed E-state index contributed by atoms with van der Waals surface area (Å²) in [7, 11) is 0. The normalized spacial score (nSPS) is 10.7. The molecular formula is C17H20ClN3OS. The third-order valence-corrected chi connectivity index (χ3v) is 4.57. The van der Waals surface area contributed by atoms with Gasteiger partial charge in [-0.05, 0) is 57.5 Å². The van der Waals surface area contributed by atoms with Gasteiger partial charge < -0.3 is 10.1 Å². The highest BCUT2D eigenvalue weighted by Crippen LogP contribution is 2.33. The summed E-state index contributed by atoms with van der Waals surface area (Å²) in [5.74, 6) is 1.72. The number of nitrogens with one attached hydrogen (secondary N) is 1. The number of thiophene rings is 1. The molecule has 0 amide bonds. The van der Waals surface area contributed by atoms with Gasteiger partial charge in [-0.25, -0.2) is 9.97 Å². The van der Waals surface area contributed by atoms with Gasteiger partial charge in [0.1, 0.15) is 22.7 Å². The lowest BCUT2D eigenvalue weighted by Gasteiger charge is -2.11. The number of aromatic nitrogens is 2. The summed E-state index contributed by atoms with van der Waals surface area (Å²) in [6.45, 7) is 8.27. The second-order valence-corrected chi connectivity index (χ2v) is 6.70. The molecule has 1 aromatic carbocycles. The van der Waals surface area contributed by atoms with Crippen molar-refractivity contribution in [3.05, 3.63) is 41.0 Å². The van der Waals surface area contributed by atoms with E-state index in [0.717, 1.165) is 27.5 Å². The maximum Gasteiger partial charge on any atom is 0.142 e. The van der Waals surface area contributed by atoms with Crippen LogP contribution in [0.2, 0.25) is 0 Å². The molecule has 23 heavy (non-hydrogen) atoms. The standard InChI is InChI=1S/C17H19N3OS.ClH/c1-10(2)21-14-7-5-13(6-8-14)20-16-15-11(3)12(4)22-17(15)19-9-18-16;/h5-10H,1-4H3,(H,18,19,20);1H. The van der Waals surface area contributed by atoms with E-state index in [1.165, 1.54) is 10.4 Å². The monoisotopic (exact) mass is 349 g/mol. The minimum atomic E-state index is 0. The lowest BCUT2D eigenvalue weighted by Crippen LogP contribution is -2.05. The molecule has 0 unspecified atom stereocenters. The Morgan fingerprint density at radius 1 is 1.09 bits per heavy atom. The molecule has 0 radical (unpaired) electrons. The lowest BCUT2D eigenvalue weighted by atomic mass is 10.2. The van der Waals surface area contributed by atoms with Crippen LogP contribution in [0.15, 0.2) is 30.6 Å². The molecule has 0 aliphatic rings. The van der Waals surface area contributed by atoms with E-state index in [4.69, 9.17) is 4.74 Å². The van der Waals surface area contributed by atoms with Crippen molar-refractivity contribution < 1.29 is 4.74 Å². The maximum atomic E-state index is 5.66. The van der Waals surface area contributed by atoms with Gasteiger partial charge in [0.05, 0.1) is 11.5 Å². The van der Waals surface area contributed by atoms with Crippen LogP contribution >= 0.6 is 23.7 Å². The van der Waals surface area contributed by atoms with E-state index in [-0.39, 0.29) is 18.5 Å². The van der Waals surface area contributed by atoms with Gasteiger partial charge in [-0.1, -0.05) is 0 Å². The second kappa shape index (κ2) is 7.15. The second-order valence-electron chi connectivity index (χ2n) is 5.50. The zero-order valence-electron chi connectivity index (χ0n) is 13.6. The number of hydrogen-bond donors (Lipinski definition) is 1. The van der Waals surface area contributed by atoms with Crippen molar-refractivity contribution in [2.24, 2.45) is 0 Å². The molecule has 0 fully saturated rings. The fourth-order valence-electron chi connectivity index (χ4n) is 2.30. The molecule has 0 aliphatic heterocycles. The van der Waals surface area contributed by atoms with Crippen LogP contribution in [0.4, 0.5) is 11.5 Å². The summed E-state index contributed by atoms with van der Waals surface area (Å²) in [4.78, 5) is 11.1. The summed E-state index contributed by atoms with van der Waals surface area (Å²) < 4.78 is 5.66. The Morgan fingerprint density at radius 3 is 2.43 bits per heavy atom. The molecule has 0 atom stereocenters. The first-order valence-electron chi connectivity index (χ1n) is 7.29. The molecule has 0 saturated carbocycles. The lowest BCUT2D eigenvalue weighted by molar-refractivity contribution is 0.242. The Kier molecular flexibility index (Phi) is 5.44. The number of rotatable bonds is 4. The summed E-state index contributed by atoms with van der Waals surface area (Å²) in [6, 6.07) is 7.93. The zero-order valence-corrected chi connectivity index (χ0v) is 15.2. The van der Waals surface area contributed by atoms with E-state index < -0.39 is 0 Å². The first-order chi connectivity index (χ1) is 10.5. The molecule has 2 heterocycles. The molecule has 0 bridgehead atoms. The van der Waals surface area contributed by atoms with Gasteiger partial charge in [0.2, 0.25) is 0 Å². The van der Waals surface area contributed by atoms with Gasteiger partial charge in [-0.3, -0.25) is 0 Å². The van der Waals surface area contributed by atoms with Gasteiger partial charge in [0.25, 0.3) is 0 Å². The molecule has 3 aromatic rings. The number of aryl methyl sites for hydroxylation is 2. The van der Waals surface area contributed by atoms with Crippen molar-refractivity contribution in [1.29, 1.82) is 0 Å². The highest BCUT2D eigenvalue weighted by atomic mass is 35.5. The third kappa shape index (κ3) is 3.74. The number of anilines is 2. The van der Waals surface area contributed by atoms with Crippen molar-refractivity contribution in [2.75, 3.05) is 5.32 Å². The van der Waals surface area contributed by atoms with Crippen LogP contribution in [0.5, 0.6) is 5.75 Å². The van der Waals surface area contributed by atoms with Gasteiger partial charge in [-0.2, -0.15) is 0 Å². The Bertz CT molecular complexity index is 799. The van der Waals surface area contributed by atoms with Crippen LogP contribution in [-0.2, 0) is 0 Å². The quantitative estimate of drug-likeness (QED) is 0.697. The largest absolute Gasteiger partial charge is 0.491 e. The van der Waals surface area contributed by atoms with Gasteiger partial charge in [-0.15, -0.1) is 23.7 Å². The average Bonchev–Trinajstić information content (AvgIpc) is 2.77. The van der Waals surface area contributed by atoms with Crippen LogP contribution in [-0.4, -0.2) is 16.1 Å². The van der Waals surface area contributed by atoms with E-state index in [1.807, 2.05) is 38.1 Å². The summed E-state index contributed by atoms with van der Waals surface area (Å²) in [6.07, 6.45) is 1.78. The zero-order chi connectivity index (χ0) is 15.7. The molecule has 122 valence electrons. The number of benzene rings is 1. The Balaban J connectivity index is 0.00000192. The van der Waals surface area contributed by atoms with Gasteiger partial charge >= 0.3 is 0 Å². The van der Waals surface area contributed by atoms with Crippen LogP contribution in [0.3, 0.4) is 0 Å². The van der Waals surface area contributed by atoms with E-state index >= 15 is 0 Å². The van der Waals surface area contributed by atoms with E-state index in [0.29, 0.717) is 0 Å². The third-order valence-electron chi connectivity index (χ3n) is 3.45. The number of ether oxygens (including phenoxy) is 1. The molecule has 2 aromatic heterocycles. The van der Waals surface area contributed by atoms with Crippen molar-refractivity contribution >= 4 is 45.5 Å². The topological polar surface area (TPSA) is 47.0 Å². The summed E-state index contributed by atoms with van der Waals surface area (Å²) in [5.41, 5.74) is 2.22. The fraction of sp³-hybridized carbons (Fsp3) is 0.294. The molecular weight excluding hydrogens is 330 g/mol. The summed E-state index contributed by atoms with van der Waals surface area (Å²) >= 11 is 1.70. The van der Waals surface area contributed by atoms with E-state index in [9.17, 15) is 0 Å². The van der Waals surface area contributed by atoms with Crippen molar-refractivity contribution in [3.8, 4) is 5.75 Å². The van der Waals surface area contributed by atoms with Gasteiger partial charge in [0.15, 0.2) is 0 Å². The van der Waals surface area contributed by atoms with Crippen LogP contribution in [0, 0.1) is 13.8 Å². The van der Waals surface area contributed by atoms with Crippen LogP contribution in [0.1, 0.15) is 24.3 Å². The smallest absolute Gasteiger partial charge is 0.142 e. The molecule has 0 spiro atoms. The van der Waals surface area contributed by atoms with Crippen molar-refractivity contribution in [3.63, 3.8) is 0 Å². The first-order valence-corrected chi connectivity index (χ1v) is 8.10. The predicted molar refractivity (Wildman–Crippen MR) is 99.6 cm³/mol. The van der Waals surface area contributed by atoms with Crippen molar-refractivity contribution in [1.82, 2.24) is 9.97 Å².